The summed E-state index contributed by atoms with van der Waals surface area (Å²) in [6, 6.07) is 14.5. The van der Waals surface area contributed by atoms with Gasteiger partial charge in [-0.25, -0.2) is 8.42 Å². The minimum absolute atomic E-state index is 0.0248. The van der Waals surface area contributed by atoms with Crippen LogP contribution in [-0.4, -0.2) is 21.2 Å². The number of aryl methyl sites for hydroxylation is 1. The molecule has 1 unspecified atom stereocenters. The molecule has 0 saturated heterocycles. The summed E-state index contributed by atoms with van der Waals surface area (Å²) in [5, 5.41) is 3.11. The van der Waals surface area contributed by atoms with Gasteiger partial charge in [-0.1, -0.05) is 36.4 Å². The number of hydrogen-bond acceptors (Lipinski definition) is 3. The van der Waals surface area contributed by atoms with E-state index in [1.165, 1.54) is 0 Å². The van der Waals surface area contributed by atoms with Crippen molar-refractivity contribution in [1.82, 2.24) is 5.32 Å². The smallest absolute Gasteiger partial charge is 0.181 e. The molecule has 1 N–H and O–H groups in total. The number of benzene rings is 2. The summed E-state index contributed by atoms with van der Waals surface area (Å²) in [6.45, 7) is 1.99. The first-order chi connectivity index (χ1) is 9.95. The summed E-state index contributed by atoms with van der Waals surface area (Å²) in [6.07, 6.45) is 0. The summed E-state index contributed by atoms with van der Waals surface area (Å²) < 4.78 is 25.9. The van der Waals surface area contributed by atoms with Crippen molar-refractivity contribution in [3.8, 4) is 0 Å². The maximum absolute atomic E-state index is 12.6. The second-order valence-electron chi connectivity index (χ2n) is 4.91. The molecule has 0 bridgehead atoms. The second-order valence-corrected chi connectivity index (χ2v) is 7.77. The molecular formula is C16H18BrNO2S. The number of sulfone groups is 1. The molecule has 0 aromatic heterocycles. The summed E-state index contributed by atoms with van der Waals surface area (Å²) in [5.41, 5.74) is 2.09. The van der Waals surface area contributed by atoms with Crippen molar-refractivity contribution in [3.63, 3.8) is 0 Å². The van der Waals surface area contributed by atoms with Gasteiger partial charge in [0, 0.05) is 10.5 Å². The molecule has 2 aromatic carbocycles. The monoisotopic (exact) mass is 367 g/mol. The highest BCUT2D eigenvalue weighted by atomic mass is 79.9. The molecule has 112 valence electrons. The largest absolute Gasteiger partial charge is 0.312 e. The second kappa shape index (κ2) is 6.73. The number of nitrogens with one attached hydrogen (secondary N) is 1. The quantitative estimate of drug-likeness (QED) is 0.879. The summed E-state index contributed by atoms with van der Waals surface area (Å²) in [7, 11) is -1.59. The van der Waals surface area contributed by atoms with E-state index in [0.717, 1.165) is 11.1 Å². The molecule has 0 saturated carbocycles. The average Bonchev–Trinajstić information content (AvgIpc) is 2.46. The topological polar surface area (TPSA) is 46.2 Å². The van der Waals surface area contributed by atoms with Crippen LogP contribution in [0.2, 0.25) is 0 Å². The lowest BCUT2D eigenvalue weighted by molar-refractivity contribution is 0.573. The highest BCUT2D eigenvalue weighted by molar-refractivity contribution is 9.10. The summed E-state index contributed by atoms with van der Waals surface area (Å²) in [4.78, 5) is 0.332. The van der Waals surface area contributed by atoms with Gasteiger partial charge in [-0.15, -0.1) is 0 Å². The van der Waals surface area contributed by atoms with Crippen LogP contribution in [0.25, 0.3) is 0 Å². The van der Waals surface area contributed by atoms with E-state index < -0.39 is 9.84 Å². The van der Waals surface area contributed by atoms with Crippen LogP contribution in [0.5, 0.6) is 0 Å². The molecule has 0 aliphatic rings. The molecule has 0 radical (unpaired) electrons. The van der Waals surface area contributed by atoms with Gasteiger partial charge >= 0.3 is 0 Å². The molecule has 0 aliphatic heterocycles. The maximum Gasteiger partial charge on any atom is 0.181 e. The Hall–Kier alpha value is -1.17. The van der Waals surface area contributed by atoms with Gasteiger partial charge in [-0.05, 0) is 53.2 Å². The lowest BCUT2D eigenvalue weighted by Gasteiger charge is -2.19. The highest BCUT2D eigenvalue weighted by Crippen LogP contribution is 2.26. The zero-order chi connectivity index (χ0) is 15.5. The molecule has 2 rings (SSSR count). The average molecular weight is 368 g/mol. The third-order valence-corrected chi connectivity index (χ3v) is 6.22. The Bertz CT molecular complexity index is 729. The van der Waals surface area contributed by atoms with Crippen molar-refractivity contribution in [3.05, 3.63) is 64.1 Å². The van der Waals surface area contributed by atoms with Gasteiger partial charge in [0.05, 0.1) is 10.6 Å². The van der Waals surface area contributed by atoms with Gasteiger partial charge < -0.3 is 5.32 Å². The fraction of sp³-hybridized carbons (Fsp3) is 0.250. The van der Waals surface area contributed by atoms with Gasteiger partial charge in [-0.3, -0.25) is 0 Å². The Morgan fingerprint density at radius 3 is 2.33 bits per heavy atom. The molecule has 2 aromatic rings. The Morgan fingerprint density at radius 1 is 1.10 bits per heavy atom. The van der Waals surface area contributed by atoms with Crippen LogP contribution < -0.4 is 5.32 Å². The molecule has 0 aliphatic carbocycles. The zero-order valence-electron chi connectivity index (χ0n) is 12.0. The van der Waals surface area contributed by atoms with Gasteiger partial charge in [0.15, 0.2) is 9.84 Å². The lowest BCUT2D eigenvalue weighted by atomic mass is 10.0. The Morgan fingerprint density at radius 2 is 1.71 bits per heavy atom. The van der Waals surface area contributed by atoms with Crippen LogP contribution in [-0.2, 0) is 9.84 Å². The first-order valence-corrected chi connectivity index (χ1v) is 9.10. The molecule has 0 spiro atoms. The number of hydrogen-bond donors (Lipinski definition) is 1. The molecule has 5 heteroatoms. The van der Waals surface area contributed by atoms with Crippen LogP contribution in [0.4, 0.5) is 0 Å². The molecule has 3 nitrogen and oxygen atoms in total. The van der Waals surface area contributed by atoms with Crippen LogP contribution in [0, 0.1) is 6.92 Å². The third kappa shape index (κ3) is 3.73. The van der Waals surface area contributed by atoms with Crippen molar-refractivity contribution in [2.24, 2.45) is 0 Å². The minimum Gasteiger partial charge on any atom is -0.312 e. The Labute approximate surface area is 134 Å². The zero-order valence-corrected chi connectivity index (χ0v) is 14.4. The fourth-order valence-corrected chi connectivity index (χ4v) is 4.95. The lowest BCUT2D eigenvalue weighted by Crippen LogP contribution is -2.26. The van der Waals surface area contributed by atoms with E-state index in [4.69, 9.17) is 0 Å². The van der Waals surface area contributed by atoms with Crippen LogP contribution in [0.1, 0.15) is 17.2 Å². The van der Waals surface area contributed by atoms with Crippen LogP contribution >= 0.6 is 15.9 Å². The van der Waals surface area contributed by atoms with Crippen LogP contribution in [0.3, 0.4) is 0 Å². The van der Waals surface area contributed by atoms with E-state index in [0.29, 0.717) is 9.37 Å². The van der Waals surface area contributed by atoms with Gasteiger partial charge in [-0.2, -0.15) is 0 Å². The molecular weight excluding hydrogens is 350 g/mol. The van der Waals surface area contributed by atoms with E-state index in [1.807, 2.05) is 31.2 Å². The van der Waals surface area contributed by atoms with Gasteiger partial charge in [0.1, 0.15) is 0 Å². The number of rotatable bonds is 5. The SMILES string of the molecule is CNC(CS(=O)(=O)c1ccccc1Br)c1ccccc1C. The Balaban J connectivity index is 2.35. The van der Waals surface area contributed by atoms with Crippen molar-refractivity contribution in [2.45, 2.75) is 17.9 Å². The molecule has 0 heterocycles. The van der Waals surface area contributed by atoms with Crippen molar-refractivity contribution in [1.29, 1.82) is 0 Å². The predicted octanol–water partition coefficient (Wildman–Crippen LogP) is 3.49. The standard InChI is InChI=1S/C16H18BrNO2S/c1-12-7-3-4-8-13(12)15(18-2)11-21(19,20)16-10-6-5-9-14(16)17/h3-10,15,18H,11H2,1-2H3. The van der Waals surface area contributed by atoms with Crippen molar-refractivity contribution >= 4 is 25.8 Å². The van der Waals surface area contributed by atoms with E-state index >= 15 is 0 Å². The normalized spacial score (nSPS) is 13.1. The molecule has 1 atom stereocenters. The Kier molecular flexibility index (Phi) is 5.19. The van der Waals surface area contributed by atoms with Gasteiger partial charge in [0.25, 0.3) is 0 Å². The first-order valence-electron chi connectivity index (χ1n) is 6.66. The molecule has 21 heavy (non-hydrogen) atoms. The van der Waals surface area contributed by atoms with Crippen molar-refractivity contribution < 1.29 is 8.42 Å². The molecule has 0 amide bonds. The minimum atomic E-state index is -3.38. The van der Waals surface area contributed by atoms with Gasteiger partial charge in [0.2, 0.25) is 0 Å². The fourth-order valence-electron chi connectivity index (χ4n) is 2.31. The maximum atomic E-state index is 12.6. The van der Waals surface area contributed by atoms with E-state index in [-0.39, 0.29) is 11.8 Å². The highest BCUT2D eigenvalue weighted by Gasteiger charge is 2.24. The molecule has 0 fully saturated rings. The van der Waals surface area contributed by atoms with E-state index in [9.17, 15) is 8.42 Å². The first kappa shape index (κ1) is 16.2. The van der Waals surface area contributed by atoms with E-state index in [1.54, 1.807) is 31.3 Å². The third-order valence-electron chi connectivity index (χ3n) is 3.47. The summed E-state index contributed by atoms with van der Waals surface area (Å²) in [5.74, 6) is 0.0248. The number of halogens is 1. The van der Waals surface area contributed by atoms with Crippen LogP contribution in [0.15, 0.2) is 57.9 Å². The summed E-state index contributed by atoms with van der Waals surface area (Å²) >= 11 is 3.32. The predicted molar refractivity (Wildman–Crippen MR) is 89.2 cm³/mol. The van der Waals surface area contributed by atoms with Crippen molar-refractivity contribution in [2.75, 3.05) is 12.8 Å². The van der Waals surface area contributed by atoms with E-state index in [2.05, 4.69) is 21.2 Å².